The van der Waals surface area contributed by atoms with Crippen molar-refractivity contribution in [3.63, 3.8) is 0 Å². The van der Waals surface area contributed by atoms with E-state index in [1.54, 1.807) is 0 Å². The number of aliphatic hydroxyl groups is 2. The summed E-state index contributed by atoms with van der Waals surface area (Å²) in [6.45, 7) is 6.30. The first-order valence-corrected chi connectivity index (χ1v) is 6.20. The third-order valence-electron chi connectivity index (χ3n) is 2.81. The molecular weight excluding hydrogens is 200 g/mol. The van der Waals surface area contributed by atoms with Crippen molar-refractivity contribution in [2.75, 3.05) is 6.61 Å². The van der Waals surface area contributed by atoms with Gasteiger partial charge in [0.2, 0.25) is 0 Å². The van der Waals surface area contributed by atoms with Crippen LogP contribution in [0.1, 0.15) is 52.9 Å². The van der Waals surface area contributed by atoms with Gasteiger partial charge in [-0.15, -0.1) is 0 Å². The van der Waals surface area contributed by atoms with E-state index in [1.165, 1.54) is 11.1 Å². The third-order valence-corrected chi connectivity index (χ3v) is 2.81. The van der Waals surface area contributed by atoms with Gasteiger partial charge in [0.25, 0.3) is 0 Å². The number of allylic oxidation sites excluding steroid dienone is 3. The van der Waals surface area contributed by atoms with E-state index < -0.39 is 0 Å². The van der Waals surface area contributed by atoms with E-state index in [1.807, 2.05) is 19.9 Å². The third kappa shape index (κ3) is 8.69. The summed E-state index contributed by atoms with van der Waals surface area (Å²) in [5, 5.41) is 18.1. The van der Waals surface area contributed by atoms with Crippen LogP contribution in [-0.4, -0.2) is 22.9 Å². The molecule has 0 amide bonds. The highest BCUT2D eigenvalue weighted by atomic mass is 16.3. The Labute approximate surface area is 99.7 Å². The Bertz CT molecular complexity index is 229. The molecule has 0 aromatic rings. The summed E-state index contributed by atoms with van der Waals surface area (Å²) in [5.74, 6) is 0. The summed E-state index contributed by atoms with van der Waals surface area (Å²) in [4.78, 5) is 0. The first kappa shape index (κ1) is 15.4. The van der Waals surface area contributed by atoms with Crippen molar-refractivity contribution < 1.29 is 10.2 Å². The molecule has 94 valence electrons. The monoisotopic (exact) mass is 226 g/mol. The van der Waals surface area contributed by atoms with Crippen LogP contribution >= 0.6 is 0 Å². The molecule has 16 heavy (non-hydrogen) atoms. The lowest BCUT2D eigenvalue weighted by Gasteiger charge is -2.07. The fourth-order valence-corrected chi connectivity index (χ4v) is 1.50. The molecule has 0 saturated carbocycles. The van der Waals surface area contributed by atoms with Crippen LogP contribution < -0.4 is 0 Å². The second-order valence-corrected chi connectivity index (χ2v) is 4.42. The summed E-state index contributed by atoms with van der Waals surface area (Å²) in [5.41, 5.74) is 2.59. The zero-order valence-electron chi connectivity index (χ0n) is 10.9. The Hall–Kier alpha value is -0.600. The summed E-state index contributed by atoms with van der Waals surface area (Å²) in [6.07, 6.45) is 8.65. The highest BCUT2D eigenvalue weighted by Gasteiger charge is 2.00. The molecule has 0 aromatic heterocycles. The highest BCUT2D eigenvalue weighted by Crippen LogP contribution is 2.12. The van der Waals surface area contributed by atoms with Crippen molar-refractivity contribution >= 4 is 0 Å². The minimum Gasteiger partial charge on any atom is -0.393 e. The molecular formula is C14H26O2. The van der Waals surface area contributed by atoms with E-state index in [4.69, 9.17) is 5.11 Å². The molecule has 2 heteroatoms. The van der Waals surface area contributed by atoms with Gasteiger partial charge < -0.3 is 10.2 Å². The van der Waals surface area contributed by atoms with Crippen LogP contribution in [0.25, 0.3) is 0 Å². The molecule has 1 atom stereocenters. The molecule has 0 saturated heterocycles. The average molecular weight is 226 g/mol. The zero-order chi connectivity index (χ0) is 12.4. The first-order chi connectivity index (χ1) is 7.60. The van der Waals surface area contributed by atoms with Gasteiger partial charge in [-0.3, -0.25) is 0 Å². The lowest BCUT2D eigenvalue weighted by atomic mass is 10.0. The van der Waals surface area contributed by atoms with Crippen molar-refractivity contribution in [1.82, 2.24) is 0 Å². The molecule has 0 unspecified atom stereocenters. The molecule has 0 aromatic carbocycles. The van der Waals surface area contributed by atoms with Crippen molar-refractivity contribution in [1.29, 1.82) is 0 Å². The van der Waals surface area contributed by atoms with Crippen molar-refractivity contribution in [2.24, 2.45) is 0 Å². The van der Waals surface area contributed by atoms with Crippen molar-refractivity contribution in [3.05, 3.63) is 23.3 Å². The SMILES string of the molecule is CC[C@H](O)CC/C(C)=C/CC/C(C)=C/CO. The Kier molecular flexibility index (Phi) is 9.25. The molecule has 0 radical (unpaired) electrons. The van der Waals surface area contributed by atoms with Crippen LogP contribution in [0.3, 0.4) is 0 Å². The topological polar surface area (TPSA) is 40.5 Å². The second-order valence-electron chi connectivity index (χ2n) is 4.42. The Morgan fingerprint density at radius 1 is 1.12 bits per heavy atom. The summed E-state index contributed by atoms with van der Waals surface area (Å²) in [6, 6.07) is 0. The van der Waals surface area contributed by atoms with E-state index in [2.05, 4.69) is 13.0 Å². The first-order valence-electron chi connectivity index (χ1n) is 6.20. The number of rotatable bonds is 8. The maximum Gasteiger partial charge on any atom is 0.0614 e. The standard InChI is InChI=1S/C14H26O2/c1-4-14(16)9-8-12(2)6-5-7-13(3)10-11-15/h6,10,14-16H,4-5,7-9,11H2,1-3H3/b12-6+,13-10+/t14-/m0/s1. The predicted molar refractivity (Wildman–Crippen MR) is 69.4 cm³/mol. The van der Waals surface area contributed by atoms with Gasteiger partial charge in [-0.1, -0.05) is 30.2 Å². The van der Waals surface area contributed by atoms with Crippen LogP contribution in [-0.2, 0) is 0 Å². The molecule has 0 aliphatic heterocycles. The minimum absolute atomic E-state index is 0.136. The predicted octanol–water partition coefficient (Wildman–Crippen LogP) is 3.20. The smallest absolute Gasteiger partial charge is 0.0614 e. The van der Waals surface area contributed by atoms with Gasteiger partial charge in [0.1, 0.15) is 0 Å². The lowest BCUT2D eigenvalue weighted by Crippen LogP contribution is -2.03. The Morgan fingerprint density at radius 3 is 2.31 bits per heavy atom. The van der Waals surface area contributed by atoms with Gasteiger partial charge in [-0.2, -0.15) is 0 Å². The molecule has 0 heterocycles. The van der Waals surface area contributed by atoms with Gasteiger partial charge >= 0.3 is 0 Å². The van der Waals surface area contributed by atoms with E-state index in [0.29, 0.717) is 0 Å². The lowest BCUT2D eigenvalue weighted by molar-refractivity contribution is 0.160. The molecule has 0 fully saturated rings. The van der Waals surface area contributed by atoms with Crippen LogP contribution in [0.15, 0.2) is 23.3 Å². The molecule has 2 N–H and O–H groups in total. The van der Waals surface area contributed by atoms with Crippen LogP contribution in [0.5, 0.6) is 0 Å². The zero-order valence-corrected chi connectivity index (χ0v) is 10.9. The van der Waals surface area contributed by atoms with Crippen LogP contribution in [0.4, 0.5) is 0 Å². The average Bonchev–Trinajstić information content (AvgIpc) is 2.26. The number of hydrogen-bond acceptors (Lipinski definition) is 2. The van der Waals surface area contributed by atoms with Crippen LogP contribution in [0.2, 0.25) is 0 Å². The van der Waals surface area contributed by atoms with Crippen molar-refractivity contribution in [3.8, 4) is 0 Å². The fraction of sp³-hybridized carbons (Fsp3) is 0.714. The van der Waals surface area contributed by atoms with Crippen molar-refractivity contribution in [2.45, 2.75) is 59.0 Å². The second kappa shape index (κ2) is 9.61. The van der Waals surface area contributed by atoms with Gasteiger partial charge in [-0.25, -0.2) is 0 Å². The highest BCUT2D eigenvalue weighted by molar-refractivity contribution is 5.03. The van der Waals surface area contributed by atoms with Gasteiger partial charge in [0, 0.05) is 0 Å². The molecule has 0 aliphatic rings. The summed E-state index contributed by atoms with van der Waals surface area (Å²) >= 11 is 0. The molecule has 2 nitrogen and oxygen atoms in total. The van der Waals surface area contributed by atoms with Gasteiger partial charge in [0.05, 0.1) is 12.7 Å². The maximum atomic E-state index is 9.43. The van der Waals surface area contributed by atoms with E-state index in [0.717, 1.165) is 32.1 Å². The Balaban J connectivity index is 3.74. The molecule has 0 rings (SSSR count). The Morgan fingerprint density at radius 2 is 1.75 bits per heavy atom. The van der Waals surface area contributed by atoms with Gasteiger partial charge in [-0.05, 0) is 46.0 Å². The number of hydrogen-bond donors (Lipinski definition) is 2. The quantitative estimate of drug-likeness (QED) is 0.624. The van der Waals surface area contributed by atoms with E-state index in [-0.39, 0.29) is 12.7 Å². The van der Waals surface area contributed by atoms with Crippen LogP contribution in [0, 0.1) is 0 Å². The summed E-state index contributed by atoms with van der Waals surface area (Å²) < 4.78 is 0. The fourth-order valence-electron chi connectivity index (χ4n) is 1.50. The van der Waals surface area contributed by atoms with Gasteiger partial charge in [0.15, 0.2) is 0 Å². The minimum atomic E-state index is -0.153. The molecule has 0 spiro atoms. The molecule has 0 aliphatic carbocycles. The number of aliphatic hydroxyl groups excluding tert-OH is 2. The van der Waals surface area contributed by atoms with E-state index in [9.17, 15) is 5.11 Å². The molecule has 0 bridgehead atoms. The largest absolute Gasteiger partial charge is 0.393 e. The normalized spacial score (nSPS) is 15.3. The maximum absolute atomic E-state index is 9.43. The van der Waals surface area contributed by atoms with E-state index >= 15 is 0 Å². The summed E-state index contributed by atoms with van der Waals surface area (Å²) in [7, 11) is 0.